The number of amides is 1. The van der Waals surface area contributed by atoms with Gasteiger partial charge in [-0.1, -0.05) is 20.3 Å². The van der Waals surface area contributed by atoms with Crippen LogP contribution in [0.3, 0.4) is 0 Å². The van der Waals surface area contributed by atoms with Crippen molar-refractivity contribution in [3.8, 4) is 0 Å². The largest absolute Gasteiger partial charge is 0.446 e. The monoisotopic (exact) mass is 227 g/mol. The topological polar surface area (TPSA) is 38.3 Å². The second kappa shape index (κ2) is 6.12. The molecule has 0 radical (unpaired) electrons. The van der Waals surface area contributed by atoms with E-state index >= 15 is 0 Å². The van der Waals surface area contributed by atoms with E-state index < -0.39 is 0 Å². The SMILES string of the molecule is CC(C)NC(=O)O[C@@H]1CCCCC1C(C)C. The molecule has 0 heterocycles. The lowest BCUT2D eigenvalue weighted by molar-refractivity contribution is 0.0195. The van der Waals surface area contributed by atoms with Crippen molar-refractivity contribution in [3.05, 3.63) is 0 Å². The van der Waals surface area contributed by atoms with Gasteiger partial charge in [-0.2, -0.15) is 0 Å². The molecule has 1 unspecified atom stereocenters. The van der Waals surface area contributed by atoms with Crippen molar-refractivity contribution < 1.29 is 9.53 Å². The summed E-state index contributed by atoms with van der Waals surface area (Å²) < 4.78 is 5.53. The Bertz CT molecular complexity index is 226. The first-order chi connectivity index (χ1) is 7.50. The third kappa shape index (κ3) is 4.03. The summed E-state index contributed by atoms with van der Waals surface area (Å²) in [5.41, 5.74) is 0. The molecule has 1 rings (SSSR count). The van der Waals surface area contributed by atoms with Crippen LogP contribution in [0.1, 0.15) is 53.4 Å². The van der Waals surface area contributed by atoms with Crippen LogP contribution in [-0.4, -0.2) is 18.2 Å². The van der Waals surface area contributed by atoms with Crippen LogP contribution < -0.4 is 5.32 Å². The minimum absolute atomic E-state index is 0.118. The number of ether oxygens (including phenoxy) is 1. The molecular weight excluding hydrogens is 202 g/mol. The Kier molecular flexibility index (Phi) is 5.10. The second-order valence-corrected chi connectivity index (χ2v) is 5.44. The summed E-state index contributed by atoms with van der Waals surface area (Å²) in [5.74, 6) is 1.13. The molecule has 0 spiro atoms. The van der Waals surface area contributed by atoms with E-state index in [1.54, 1.807) is 0 Å². The Morgan fingerprint density at radius 2 is 1.81 bits per heavy atom. The van der Waals surface area contributed by atoms with E-state index in [2.05, 4.69) is 19.2 Å². The van der Waals surface area contributed by atoms with Gasteiger partial charge in [0.2, 0.25) is 0 Å². The van der Waals surface area contributed by atoms with Crippen molar-refractivity contribution in [1.29, 1.82) is 0 Å². The van der Waals surface area contributed by atoms with Gasteiger partial charge in [-0.15, -0.1) is 0 Å². The minimum Gasteiger partial charge on any atom is -0.446 e. The van der Waals surface area contributed by atoms with Crippen LogP contribution >= 0.6 is 0 Å². The zero-order valence-corrected chi connectivity index (χ0v) is 11.0. The first-order valence-electron chi connectivity index (χ1n) is 6.48. The predicted octanol–water partition coefficient (Wildman–Crippen LogP) is 3.34. The van der Waals surface area contributed by atoms with Gasteiger partial charge in [0.1, 0.15) is 6.10 Å². The third-order valence-electron chi connectivity index (χ3n) is 3.27. The maximum absolute atomic E-state index is 11.6. The molecule has 2 atom stereocenters. The Labute approximate surface area is 98.9 Å². The summed E-state index contributed by atoms with van der Waals surface area (Å²) in [7, 11) is 0. The molecule has 0 aromatic rings. The maximum Gasteiger partial charge on any atom is 0.407 e. The maximum atomic E-state index is 11.6. The Morgan fingerprint density at radius 1 is 1.19 bits per heavy atom. The zero-order chi connectivity index (χ0) is 12.1. The summed E-state index contributed by atoms with van der Waals surface area (Å²) in [4.78, 5) is 11.6. The highest BCUT2D eigenvalue weighted by Crippen LogP contribution is 2.32. The molecule has 1 saturated carbocycles. The van der Waals surface area contributed by atoms with Gasteiger partial charge < -0.3 is 10.1 Å². The second-order valence-electron chi connectivity index (χ2n) is 5.44. The first kappa shape index (κ1) is 13.3. The third-order valence-corrected chi connectivity index (χ3v) is 3.27. The molecule has 1 aliphatic carbocycles. The summed E-state index contributed by atoms with van der Waals surface area (Å²) in [6.07, 6.45) is 4.53. The standard InChI is InChI=1S/C13H25NO2/c1-9(2)11-7-5-6-8-12(11)16-13(15)14-10(3)4/h9-12H,5-8H2,1-4H3,(H,14,15)/t11?,12-/m1/s1. The van der Waals surface area contributed by atoms with Crippen LogP contribution in [0.2, 0.25) is 0 Å². The van der Waals surface area contributed by atoms with Crippen molar-refractivity contribution >= 4 is 6.09 Å². The molecular formula is C13H25NO2. The zero-order valence-electron chi connectivity index (χ0n) is 11.0. The van der Waals surface area contributed by atoms with Gasteiger partial charge in [-0.05, 0) is 44.9 Å². The molecule has 0 bridgehead atoms. The van der Waals surface area contributed by atoms with Crippen molar-refractivity contribution in [2.75, 3.05) is 0 Å². The van der Waals surface area contributed by atoms with Crippen molar-refractivity contribution in [2.24, 2.45) is 11.8 Å². The number of carbonyl (C=O) groups is 1. The van der Waals surface area contributed by atoms with Crippen LogP contribution in [0.4, 0.5) is 4.79 Å². The summed E-state index contributed by atoms with van der Waals surface area (Å²) >= 11 is 0. The van der Waals surface area contributed by atoms with Gasteiger partial charge in [0.25, 0.3) is 0 Å². The lowest BCUT2D eigenvalue weighted by Gasteiger charge is -2.33. The molecule has 3 heteroatoms. The lowest BCUT2D eigenvalue weighted by atomic mass is 9.79. The first-order valence-corrected chi connectivity index (χ1v) is 6.48. The summed E-state index contributed by atoms with van der Waals surface area (Å²) in [6, 6.07) is 0.147. The van der Waals surface area contributed by atoms with Crippen LogP contribution in [0.5, 0.6) is 0 Å². The fourth-order valence-corrected chi connectivity index (χ4v) is 2.44. The van der Waals surface area contributed by atoms with E-state index in [1.165, 1.54) is 19.3 Å². The Balaban J connectivity index is 2.46. The van der Waals surface area contributed by atoms with Crippen molar-refractivity contribution in [2.45, 2.75) is 65.5 Å². The average molecular weight is 227 g/mol. The van der Waals surface area contributed by atoms with E-state index in [1.807, 2.05) is 13.8 Å². The van der Waals surface area contributed by atoms with E-state index in [0.717, 1.165) is 6.42 Å². The lowest BCUT2D eigenvalue weighted by Crippen LogP contribution is -2.39. The molecule has 1 aliphatic rings. The molecule has 1 N–H and O–H groups in total. The van der Waals surface area contributed by atoms with E-state index in [-0.39, 0.29) is 18.2 Å². The van der Waals surface area contributed by atoms with Gasteiger partial charge in [-0.25, -0.2) is 4.79 Å². The summed E-state index contributed by atoms with van der Waals surface area (Å²) in [5, 5.41) is 2.79. The number of hydrogen-bond donors (Lipinski definition) is 1. The fraction of sp³-hybridized carbons (Fsp3) is 0.923. The van der Waals surface area contributed by atoms with Crippen LogP contribution in [0.15, 0.2) is 0 Å². The number of alkyl carbamates (subject to hydrolysis) is 1. The Morgan fingerprint density at radius 3 is 2.38 bits per heavy atom. The highest BCUT2D eigenvalue weighted by Gasteiger charge is 2.30. The average Bonchev–Trinajstić information content (AvgIpc) is 2.16. The molecule has 94 valence electrons. The highest BCUT2D eigenvalue weighted by molar-refractivity contribution is 5.67. The quantitative estimate of drug-likeness (QED) is 0.803. The van der Waals surface area contributed by atoms with Crippen LogP contribution in [0.25, 0.3) is 0 Å². The smallest absolute Gasteiger partial charge is 0.407 e. The molecule has 0 saturated heterocycles. The van der Waals surface area contributed by atoms with Gasteiger partial charge in [0, 0.05) is 6.04 Å². The Hall–Kier alpha value is -0.730. The molecule has 0 aromatic carbocycles. The molecule has 1 amide bonds. The number of rotatable bonds is 3. The number of carbonyl (C=O) groups excluding carboxylic acids is 1. The molecule has 0 aromatic heterocycles. The van der Waals surface area contributed by atoms with Gasteiger partial charge in [0.15, 0.2) is 0 Å². The number of hydrogen-bond acceptors (Lipinski definition) is 2. The van der Waals surface area contributed by atoms with Gasteiger partial charge in [-0.3, -0.25) is 0 Å². The molecule has 16 heavy (non-hydrogen) atoms. The van der Waals surface area contributed by atoms with Crippen molar-refractivity contribution in [1.82, 2.24) is 5.32 Å². The van der Waals surface area contributed by atoms with Crippen molar-refractivity contribution in [3.63, 3.8) is 0 Å². The van der Waals surface area contributed by atoms with Gasteiger partial charge in [0.05, 0.1) is 0 Å². The molecule has 0 aliphatic heterocycles. The van der Waals surface area contributed by atoms with E-state index in [0.29, 0.717) is 11.8 Å². The minimum atomic E-state index is -0.257. The molecule has 3 nitrogen and oxygen atoms in total. The van der Waals surface area contributed by atoms with E-state index in [9.17, 15) is 4.79 Å². The fourth-order valence-electron chi connectivity index (χ4n) is 2.44. The van der Waals surface area contributed by atoms with E-state index in [4.69, 9.17) is 4.74 Å². The molecule has 1 fully saturated rings. The van der Waals surface area contributed by atoms with Gasteiger partial charge >= 0.3 is 6.09 Å². The predicted molar refractivity (Wildman–Crippen MR) is 65.3 cm³/mol. The van der Waals surface area contributed by atoms with Crippen LogP contribution in [-0.2, 0) is 4.74 Å². The summed E-state index contributed by atoms with van der Waals surface area (Å²) in [6.45, 7) is 8.32. The highest BCUT2D eigenvalue weighted by atomic mass is 16.6. The normalized spacial score (nSPS) is 25.9. The number of nitrogens with one attached hydrogen (secondary N) is 1. The van der Waals surface area contributed by atoms with Crippen LogP contribution in [0, 0.1) is 11.8 Å².